The van der Waals surface area contributed by atoms with Gasteiger partial charge in [0.2, 0.25) is 10.9 Å². The first-order valence-corrected chi connectivity index (χ1v) is 9.51. The van der Waals surface area contributed by atoms with Crippen LogP contribution in [0.1, 0.15) is 34.4 Å². The molecule has 1 saturated heterocycles. The molecule has 0 radical (unpaired) electrons. The summed E-state index contributed by atoms with van der Waals surface area (Å²) in [5, 5.41) is 1.88. The number of esters is 2. The highest BCUT2D eigenvalue weighted by Crippen LogP contribution is 2.26. The number of thiazole rings is 1. The predicted octanol–water partition coefficient (Wildman–Crippen LogP) is 2.72. The van der Waals surface area contributed by atoms with Crippen molar-refractivity contribution >= 4 is 34.9 Å². The van der Waals surface area contributed by atoms with E-state index >= 15 is 0 Å². The van der Waals surface area contributed by atoms with Crippen molar-refractivity contribution in [2.24, 2.45) is 5.92 Å². The van der Waals surface area contributed by atoms with Gasteiger partial charge in [-0.15, -0.1) is 11.3 Å². The van der Waals surface area contributed by atoms with Crippen LogP contribution in [0.2, 0.25) is 0 Å². The molecule has 1 atom stereocenters. The van der Waals surface area contributed by atoms with Crippen molar-refractivity contribution in [3.8, 4) is 0 Å². The summed E-state index contributed by atoms with van der Waals surface area (Å²) in [6.45, 7) is 4.23. The van der Waals surface area contributed by atoms with Crippen molar-refractivity contribution in [3.05, 3.63) is 45.9 Å². The third kappa shape index (κ3) is 4.51. The van der Waals surface area contributed by atoms with Gasteiger partial charge in [0.1, 0.15) is 6.61 Å². The number of anilines is 1. The number of amides is 1. The molecule has 0 aliphatic carbocycles. The third-order valence-corrected chi connectivity index (χ3v) is 5.04. The van der Waals surface area contributed by atoms with Gasteiger partial charge < -0.3 is 14.4 Å². The molecule has 0 saturated carbocycles. The van der Waals surface area contributed by atoms with E-state index in [1.54, 1.807) is 17.2 Å². The van der Waals surface area contributed by atoms with Gasteiger partial charge in [0.05, 0.1) is 18.2 Å². The van der Waals surface area contributed by atoms with Crippen LogP contribution in [0, 0.1) is 12.8 Å². The molecule has 7 nitrogen and oxygen atoms in total. The topological polar surface area (TPSA) is 85.8 Å². The van der Waals surface area contributed by atoms with E-state index in [1.807, 2.05) is 31.2 Å². The summed E-state index contributed by atoms with van der Waals surface area (Å²) in [6, 6.07) is 7.59. The second-order valence-electron chi connectivity index (χ2n) is 6.21. The summed E-state index contributed by atoms with van der Waals surface area (Å²) in [7, 11) is 0. The second-order valence-corrected chi connectivity index (χ2v) is 7.07. The van der Waals surface area contributed by atoms with Crippen molar-refractivity contribution in [3.63, 3.8) is 0 Å². The fourth-order valence-corrected chi connectivity index (χ4v) is 3.46. The summed E-state index contributed by atoms with van der Waals surface area (Å²) in [5.41, 5.74) is 2.36. The Hall–Kier alpha value is -2.74. The molecule has 1 unspecified atom stereocenters. The Morgan fingerprint density at radius 3 is 2.70 bits per heavy atom. The van der Waals surface area contributed by atoms with Crippen LogP contribution in [-0.4, -0.2) is 36.0 Å². The normalized spacial score (nSPS) is 16.4. The van der Waals surface area contributed by atoms with Crippen molar-refractivity contribution in [2.45, 2.75) is 26.9 Å². The van der Waals surface area contributed by atoms with E-state index in [9.17, 15) is 14.4 Å². The van der Waals surface area contributed by atoms with Crippen LogP contribution in [0.4, 0.5) is 5.69 Å². The molecule has 27 heavy (non-hydrogen) atoms. The average Bonchev–Trinajstić information content (AvgIpc) is 3.28. The van der Waals surface area contributed by atoms with Crippen LogP contribution in [-0.2, 0) is 25.7 Å². The Morgan fingerprint density at radius 1 is 1.26 bits per heavy atom. The van der Waals surface area contributed by atoms with Crippen molar-refractivity contribution in [1.29, 1.82) is 0 Å². The van der Waals surface area contributed by atoms with Gasteiger partial charge in [-0.2, -0.15) is 0 Å². The Kier molecular flexibility index (Phi) is 5.85. The first-order chi connectivity index (χ1) is 13.0. The Balaban J connectivity index is 1.55. The fraction of sp³-hybridized carbons (Fsp3) is 0.368. The number of nitrogens with zero attached hydrogens (tertiary/aromatic N) is 2. The number of hydrogen-bond donors (Lipinski definition) is 0. The van der Waals surface area contributed by atoms with E-state index in [1.165, 1.54) is 0 Å². The van der Waals surface area contributed by atoms with Gasteiger partial charge in [-0.05, 0) is 26.0 Å². The van der Waals surface area contributed by atoms with E-state index in [-0.39, 0.29) is 30.5 Å². The minimum atomic E-state index is -0.512. The van der Waals surface area contributed by atoms with Gasteiger partial charge in [0.25, 0.3) is 0 Å². The largest absolute Gasteiger partial charge is 0.461 e. The zero-order valence-corrected chi connectivity index (χ0v) is 16.0. The summed E-state index contributed by atoms with van der Waals surface area (Å²) >= 11 is 1.14. The molecule has 0 bridgehead atoms. The molecule has 0 spiro atoms. The molecule has 1 aromatic heterocycles. The van der Waals surface area contributed by atoms with Gasteiger partial charge in [-0.3, -0.25) is 9.59 Å². The minimum absolute atomic E-state index is 0.0377. The van der Waals surface area contributed by atoms with E-state index in [0.29, 0.717) is 12.2 Å². The molecule has 0 N–H and O–H groups in total. The molecule has 1 aliphatic heterocycles. The van der Waals surface area contributed by atoms with Crippen molar-refractivity contribution in [1.82, 2.24) is 4.98 Å². The minimum Gasteiger partial charge on any atom is -0.461 e. The van der Waals surface area contributed by atoms with Gasteiger partial charge in [-0.25, -0.2) is 9.78 Å². The summed E-state index contributed by atoms with van der Waals surface area (Å²) in [4.78, 5) is 41.9. The Labute approximate surface area is 160 Å². The van der Waals surface area contributed by atoms with Gasteiger partial charge in [-0.1, -0.05) is 17.7 Å². The first kappa shape index (κ1) is 19.0. The number of benzene rings is 1. The molecule has 1 fully saturated rings. The SMILES string of the molecule is CCOC(=O)c1nc(COC(=O)C2CC(=O)N(c3ccc(C)cc3)C2)cs1. The molecule has 3 rings (SSSR count). The molecule has 2 heterocycles. The number of ether oxygens (including phenoxy) is 2. The third-order valence-electron chi connectivity index (χ3n) is 4.17. The number of hydrogen-bond acceptors (Lipinski definition) is 7. The van der Waals surface area contributed by atoms with Gasteiger partial charge >= 0.3 is 11.9 Å². The molecule has 1 aliphatic rings. The zero-order chi connectivity index (χ0) is 19.4. The maximum Gasteiger partial charge on any atom is 0.367 e. The molecular weight excluding hydrogens is 368 g/mol. The number of carbonyl (C=O) groups is 3. The van der Waals surface area contributed by atoms with E-state index in [2.05, 4.69) is 4.98 Å². The van der Waals surface area contributed by atoms with E-state index < -0.39 is 17.9 Å². The number of aryl methyl sites for hydroxylation is 1. The summed E-state index contributed by atoms with van der Waals surface area (Å²) < 4.78 is 10.2. The lowest BCUT2D eigenvalue weighted by molar-refractivity contribution is -0.149. The van der Waals surface area contributed by atoms with Gasteiger partial charge in [0, 0.05) is 24.0 Å². The smallest absolute Gasteiger partial charge is 0.367 e. The summed E-state index contributed by atoms with van der Waals surface area (Å²) in [6.07, 6.45) is 0.123. The zero-order valence-electron chi connectivity index (χ0n) is 15.1. The maximum absolute atomic E-state index is 12.3. The molecule has 8 heteroatoms. The lowest BCUT2D eigenvalue weighted by Crippen LogP contribution is -2.26. The second kappa shape index (κ2) is 8.30. The fourth-order valence-electron chi connectivity index (χ4n) is 2.76. The molecule has 1 amide bonds. The van der Waals surface area contributed by atoms with Crippen LogP contribution in [0.25, 0.3) is 0 Å². The van der Waals surface area contributed by atoms with Crippen LogP contribution < -0.4 is 4.90 Å². The molecule has 2 aromatic rings. The average molecular weight is 388 g/mol. The lowest BCUT2D eigenvalue weighted by atomic mass is 10.1. The van der Waals surface area contributed by atoms with Crippen LogP contribution in [0.3, 0.4) is 0 Å². The number of rotatable bonds is 6. The number of aromatic nitrogens is 1. The summed E-state index contributed by atoms with van der Waals surface area (Å²) in [5.74, 6) is -1.54. The van der Waals surface area contributed by atoms with E-state index in [0.717, 1.165) is 22.6 Å². The highest BCUT2D eigenvalue weighted by atomic mass is 32.1. The molecule has 142 valence electrons. The molecule has 1 aromatic carbocycles. The van der Waals surface area contributed by atoms with Crippen LogP contribution in [0.5, 0.6) is 0 Å². The molecular formula is C19H20N2O5S. The van der Waals surface area contributed by atoms with Gasteiger partial charge in [0.15, 0.2) is 0 Å². The monoisotopic (exact) mass is 388 g/mol. The lowest BCUT2D eigenvalue weighted by Gasteiger charge is -2.16. The van der Waals surface area contributed by atoms with Crippen molar-refractivity contribution in [2.75, 3.05) is 18.1 Å². The maximum atomic E-state index is 12.3. The van der Waals surface area contributed by atoms with Crippen LogP contribution >= 0.6 is 11.3 Å². The highest BCUT2D eigenvalue weighted by Gasteiger charge is 2.36. The number of carbonyl (C=O) groups excluding carboxylic acids is 3. The Bertz CT molecular complexity index is 846. The highest BCUT2D eigenvalue weighted by molar-refractivity contribution is 7.11. The first-order valence-electron chi connectivity index (χ1n) is 8.63. The predicted molar refractivity (Wildman–Crippen MR) is 99.5 cm³/mol. The van der Waals surface area contributed by atoms with Crippen LogP contribution in [0.15, 0.2) is 29.6 Å². The standard InChI is InChI=1S/C19H20N2O5S/c1-3-25-19(24)17-20-14(11-27-17)10-26-18(23)13-8-16(22)21(9-13)15-6-4-12(2)5-7-15/h4-7,11,13H,3,8-10H2,1-2H3. The Morgan fingerprint density at radius 2 is 2.00 bits per heavy atom. The quantitative estimate of drug-likeness (QED) is 0.708. The van der Waals surface area contributed by atoms with E-state index in [4.69, 9.17) is 9.47 Å². The van der Waals surface area contributed by atoms with Crippen molar-refractivity contribution < 1.29 is 23.9 Å².